The number of fused-ring (bicyclic) bond motifs is 4. The van der Waals surface area contributed by atoms with Crippen LogP contribution in [-0.4, -0.2) is 76.6 Å². The number of phenolic OH excluding ortho intramolecular Hbond substituents is 1. The fourth-order valence-corrected chi connectivity index (χ4v) is 7.32. The number of piperidine rings is 3. The van der Waals surface area contributed by atoms with Crippen molar-refractivity contribution >= 4 is 17.0 Å². The summed E-state index contributed by atoms with van der Waals surface area (Å²) in [5.74, 6) is 1.20. The van der Waals surface area contributed by atoms with Crippen molar-refractivity contribution < 1.29 is 24.5 Å². The molecule has 51 heavy (non-hydrogen) atoms. The Labute approximate surface area is 299 Å². The average Bonchev–Trinajstić information content (AvgIpc) is 3.15. The van der Waals surface area contributed by atoms with Crippen LogP contribution in [0.15, 0.2) is 77.7 Å². The van der Waals surface area contributed by atoms with Gasteiger partial charge in [-0.05, 0) is 98.8 Å². The zero-order valence-electron chi connectivity index (χ0n) is 29.3. The molecule has 2 bridgehead atoms. The number of aromatic nitrogens is 2. The van der Waals surface area contributed by atoms with Crippen LogP contribution in [-0.2, 0) is 4.74 Å². The highest BCUT2D eigenvalue weighted by Crippen LogP contribution is 2.31. The Morgan fingerprint density at radius 3 is 2.53 bits per heavy atom. The molecule has 3 aliphatic heterocycles. The van der Waals surface area contributed by atoms with E-state index in [9.17, 15) is 19.8 Å². The Kier molecular flexibility index (Phi) is 12.9. The van der Waals surface area contributed by atoms with Crippen LogP contribution in [0, 0.1) is 5.92 Å². The highest BCUT2D eigenvalue weighted by molar-refractivity contribution is 5.87. The molecule has 0 saturated carbocycles. The van der Waals surface area contributed by atoms with E-state index in [2.05, 4.69) is 25.5 Å². The minimum absolute atomic E-state index is 0.0108. The van der Waals surface area contributed by atoms with Crippen LogP contribution >= 0.6 is 0 Å². The standard InChI is InChI=1S/C40H51N5O6/c46-34-16-14-31(32-15-17-37(48)43-39(32)34)35(47)26-41-20-7-4-2-1-3-5-9-24-50-30-12-10-11-29(25-30)38(33-13-6-8-21-42-33)44-40(49)51-36-27-45-22-18-28(36)19-23-45/h6,8,10-17,21,25,28,35-36,38,41,46-47H,1-5,7,9,18-20,22-24,26-27H2,(H,43,48)(H,44,49). The van der Waals surface area contributed by atoms with Crippen LogP contribution in [0.5, 0.6) is 11.5 Å². The molecule has 5 N–H and O–H groups in total. The first-order chi connectivity index (χ1) is 24.9. The summed E-state index contributed by atoms with van der Waals surface area (Å²) < 4.78 is 12.1. The Hall–Kier alpha value is -4.45. The van der Waals surface area contributed by atoms with Gasteiger partial charge in [-0.25, -0.2) is 4.79 Å². The third kappa shape index (κ3) is 10.1. The minimum atomic E-state index is -0.744. The van der Waals surface area contributed by atoms with Gasteiger partial charge >= 0.3 is 6.09 Å². The molecule has 7 rings (SSSR count). The summed E-state index contributed by atoms with van der Waals surface area (Å²) >= 11 is 0. The first-order valence-electron chi connectivity index (χ1n) is 18.5. The zero-order chi connectivity index (χ0) is 35.4. The molecule has 5 heterocycles. The van der Waals surface area contributed by atoms with Crippen molar-refractivity contribution in [1.29, 1.82) is 0 Å². The number of carbonyl (C=O) groups excluding carboxylic acids is 1. The molecule has 4 aromatic rings. The number of unbranched alkanes of at least 4 members (excludes halogenated alkanes) is 6. The zero-order valence-corrected chi connectivity index (χ0v) is 29.3. The van der Waals surface area contributed by atoms with Gasteiger partial charge in [-0.15, -0.1) is 0 Å². The molecule has 3 fully saturated rings. The molecule has 0 spiro atoms. The van der Waals surface area contributed by atoms with Crippen molar-refractivity contribution in [1.82, 2.24) is 25.5 Å². The van der Waals surface area contributed by atoms with Gasteiger partial charge in [0.1, 0.15) is 17.6 Å². The lowest BCUT2D eigenvalue weighted by atomic mass is 9.86. The monoisotopic (exact) mass is 697 g/mol. The summed E-state index contributed by atoms with van der Waals surface area (Å²) in [5.41, 5.74) is 2.36. The molecule has 272 valence electrons. The van der Waals surface area contributed by atoms with E-state index in [-0.39, 0.29) is 17.4 Å². The van der Waals surface area contributed by atoms with Crippen molar-refractivity contribution in [3.05, 3.63) is 100 Å². The molecule has 2 aromatic heterocycles. The number of carbonyl (C=O) groups is 1. The topological polar surface area (TPSA) is 149 Å². The number of ether oxygens (including phenoxy) is 2. The van der Waals surface area contributed by atoms with Crippen LogP contribution in [0.4, 0.5) is 4.79 Å². The molecule has 3 saturated heterocycles. The molecule has 3 unspecified atom stereocenters. The number of aliphatic hydroxyl groups is 1. The predicted molar refractivity (Wildman–Crippen MR) is 197 cm³/mol. The van der Waals surface area contributed by atoms with Crippen LogP contribution < -0.4 is 20.9 Å². The third-order valence-electron chi connectivity index (χ3n) is 10.2. The van der Waals surface area contributed by atoms with Gasteiger partial charge in [0.15, 0.2) is 0 Å². The van der Waals surface area contributed by atoms with Crippen molar-refractivity contribution in [2.75, 3.05) is 39.3 Å². The molecule has 2 aromatic carbocycles. The van der Waals surface area contributed by atoms with E-state index in [0.29, 0.717) is 35.5 Å². The first-order valence-corrected chi connectivity index (χ1v) is 18.5. The van der Waals surface area contributed by atoms with E-state index < -0.39 is 18.2 Å². The highest BCUT2D eigenvalue weighted by atomic mass is 16.6. The number of pyridine rings is 2. The number of H-pyrrole nitrogens is 1. The maximum absolute atomic E-state index is 13.1. The number of phenols is 1. The number of hydrogen-bond donors (Lipinski definition) is 5. The molecular formula is C40H51N5O6. The largest absolute Gasteiger partial charge is 0.506 e. The fourth-order valence-electron chi connectivity index (χ4n) is 7.32. The lowest BCUT2D eigenvalue weighted by Gasteiger charge is -2.43. The number of nitrogens with one attached hydrogen (secondary N) is 3. The second-order valence-electron chi connectivity index (χ2n) is 13.8. The SMILES string of the molecule is O=C(NC(c1cccc(OCCCCCCCCCNCC(O)c2ccc(O)c3[nH]c(=O)ccc23)c1)c1ccccn1)OC1CN2CCC1CC2. The van der Waals surface area contributed by atoms with Gasteiger partial charge in [-0.1, -0.05) is 56.4 Å². The number of amides is 1. The van der Waals surface area contributed by atoms with Gasteiger partial charge in [0.25, 0.3) is 0 Å². The van der Waals surface area contributed by atoms with Gasteiger partial charge < -0.3 is 35.3 Å². The van der Waals surface area contributed by atoms with Crippen molar-refractivity contribution in [3.8, 4) is 11.5 Å². The van der Waals surface area contributed by atoms with Gasteiger partial charge in [0, 0.05) is 30.7 Å². The van der Waals surface area contributed by atoms with E-state index in [4.69, 9.17) is 9.47 Å². The van der Waals surface area contributed by atoms with Crippen LogP contribution in [0.2, 0.25) is 0 Å². The molecule has 3 aliphatic rings. The summed E-state index contributed by atoms with van der Waals surface area (Å²) in [5, 5.41) is 27.8. The Morgan fingerprint density at radius 1 is 0.961 bits per heavy atom. The quantitative estimate of drug-likeness (QED) is 0.0793. The van der Waals surface area contributed by atoms with Crippen LogP contribution in [0.3, 0.4) is 0 Å². The number of alkyl carbamates (subject to hydrolysis) is 1. The second-order valence-corrected chi connectivity index (χ2v) is 13.8. The van der Waals surface area contributed by atoms with Crippen molar-refractivity contribution in [2.45, 2.75) is 76.0 Å². The van der Waals surface area contributed by atoms with Gasteiger partial charge in [-0.2, -0.15) is 0 Å². The smallest absolute Gasteiger partial charge is 0.408 e. The maximum atomic E-state index is 13.1. The molecule has 1 amide bonds. The molecule has 11 heteroatoms. The van der Waals surface area contributed by atoms with Gasteiger partial charge in [0.2, 0.25) is 5.56 Å². The number of hydrogen-bond acceptors (Lipinski definition) is 9. The van der Waals surface area contributed by atoms with Crippen LogP contribution in [0.25, 0.3) is 10.9 Å². The highest BCUT2D eigenvalue weighted by Gasteiger charge is 2.37. The lowest BCUT2D eigenvalue weighted by Crippen LogP contribution is -2.52. The number of aliphatic hydroxyl groups excluding tert-OH is 1. The Bertz CT molecular complexity index is 1760. The van der Waals surface area contributed by atoms with Crippen molar-refractivity contribution in [2.24, 2.45) is 5.92 Å². The first kappa shape index (κ1) is 36.3. The summed E-state index contributed by atoms with van der Waals surface area (Å²) in [7, 11) is 0. The number of aromatic amines is 1. The molecule has 0 aliphatic carbocycles. The molecular weight excluding hydrogens is 646 g/mol. The van der Waals surface area contributed by atoms with E-state index in [0.717, 1.165) is 94.6 Å². The fraction of sp³-hybridized carbons (Fsp3) is 0.475. The lowest BCUT2D eigenvalue weighted by molar-refractivity contribution is -0.0336. The number of aromatic hydroxyl groups is 1. The van der Waals surface area contributed by atoms with E-state index in [1.165, 1.54) is 18.6 Å². The summed E-state index contributed by atoms with van der Waals surface area (Å²) in [4.78, 5) is 34.3. The van der Waals surface area contributed by atoms with E-state index >= 15 is 0 Å². The molecule has 0 radical (unpaired) electrons. The number of benzene rings is 2. The number of nitrogens with zero attached hydrogens (tertiary/aromatic N) is 2. The number of rotatable bonds is 18. The summed E-state index contributed by atoms with van der Waals surface area (Å²) in [6, 6.07) is 19.4. The molecule has 11 nitrogen and oxygen atoms in total. The summed E-state index contributed by atoms with van der Waals surface area (Å²) in [6.07, 6.45) is 10.4. The minimum Gasteiger partial charge on any atom is -0.506 e. The van der Waals surface area contributed by atoms with Gasteiger partial charge in [-0.3, -0.25) is 14.7 Å². The van der Waals surface area contributed by atoms with E-state index in [1.807, 2.05) is 42.5 Å². The third-order valence-corrected chi connectivity index (χ3v) is 10.2. The van der Waals surface area contributed by atoms with Crippen LogP contribution in [0.1, 0.15) is 86.8 Å². The Morgan fingerprint density at radius 2 is 1.76 bits per heavy atom. The van der Waals surface area contributed by atoms with Crippen molar-refractivity contribution in [3.63, 3.8) is 0 Å². The summed E-state index contributed by atoms with van der Waals surface area (Å²) in [6.45, 7) is 4.84. The van der Waals surface area contributed by atoms with E-state index in [1.54, 1.807) is 18.3 Å². The second kappa shape index (κ2) is 18.2. The maximum Gasteiger partial charge on any atom is 0.408 e. The molecule has 3 atom stereocenters. The Balaban J connectivity index is 0.860. The predicted octanol–water partition coefficient (Wildman–Crippen LogP) is 5.97. The normalized spacial score (nSPS) is 19.4. The average molecular weight is 698 g/mol. The van der Waals surface area contributed by atoms with Gasteiger partial charge in [0.05, 0.1) is 30.0 Å².